The number of piperazine rings is 1. The maximum atomic E-state index is 7.62. The van der Waals surface area contributed by atoms with Crippen LogP contribution in [0, 0.1) is 0 Å². The first kappa shape index (κ1) is 1.56. The molecule has 0 aliphatic carbocycles. The van der Waals surface area contributed by atoms with Gasteiger partial charge in [-0.15, -0.1) is 0 Å². The largest absolute Gasteiger partial charge is 0.311 e. The SMILES string of the molecule is [2H]C1NC(C([2H])([2H])[2H])C(C([2H])([2H])[2H])NC1C([2H])([2H])[2H]. The zero-order valence-corrected chi connectivity index (χ0v) is 4.81. The van der Waals surface area contributed by atoms with E-state index < -0.39 is 45.2 Å². The zero-order valence-electron chi connectivity index (χ0n) is 14.8. The second kappa shape index (κ2) is 2.67. The first-order chi connectivity index (χ1) is 8.24. The summed E-state index contributed by atoms with van der Waals surface area (Å²) in [7, 11) is 0. The minimum Gasteiger partial charge on any atom is -0.311 e. The maximum Gasteiger partial charge on any atom is 0.0444 e. The van der Waals surface area contributed by atoms with E-state index in [1.807, 2.05) is 0 Å². The Bertz CT molecular complexity index is 317. The van der Waals surface area contributed by atoms with Crippen LogP contribution in [-0.4, -0.2) is 24.6 Å². The van der Waals surface area contributed by atoms with E-state index in [1.165, 1.54) is 0 Å². The van der Waals surface area contributed by atoms with Crippen LogP contribution in [0.3, 0.4) is 0 Å². The molecule has 0 aromatic carbocycles. The molecule has 4 unspecified atom stereocenters. The summed E-state index contributed by atoms with van der Waals surface area (Å²) in [6.45, 7) is -9.35. The Morgan fingerprint density at radius 3 is 3.00 bits per heavy atom. The van der Waals surface area contributed by atoms with E-state index in [4.69, 9.17) is 13.7 Å². The molecule has 0 spiro atoms. The molecule has 0 saturated carbocycles. The van der Waals surface area contributed by atoms with Crippen LogP contribution in [0.4, 0.5) is 0 Å². The third-order valence-electron chi connectivity index (χ3n) is 1.13. The van der Waals surface area contributed by atoms with Crippen LogP contribution >= 0.6 is 0 Å². The average Bonchev–Trinajstić information content (AvgIpc) is 2.11. The van der Waals surface area contributed by atoms with Gasteiger partial charge < -0.3 is 10.6 Å². The smallest absolute Gasteiger partial charge is 0.0444 e. The molecule has 2 N–H and O–H groups in total. The molecule has 4 atom stereocenters. The molecule has 0 aromatic heterocycles. The van der Waals surface area contributed by atoms with Crippen LogP contribution in [0.5, 0.6) is 0 Å². The molecule has 1 heterocycles. The van der Waals surface area contributed by atoms with Crippen molar-refractivity contribution in [2.45, 2.75) is 38.7 Å². The van der Waals surface area contributed by atoms with Crippen LogP contribution in [0.1, 0.15) is 34.3 Å². The minimum absolute atomic E-state index is 1.42. The van der Waals surface area contributed by atoms with Crippen molar-refractivity contribution in [1.29, 1.82) is 0 Å². The third-order valence-corrected chi connectivity index (χ3v) is 1.13. The fourth-order valence-electron chi connectivity index (χ4n) is 0.634. The molecule has 54 valence electrons. The second-order valence-electron chi connectivity index (χ2n) is 1.93. The van der Waals surface area contributed by atoms with Crippen molar-refractivity contribution in [2.24, 2.45) is 0 Å². The molecular formula is C7H16N2. The lowest BCUT2D eigenvalue weighted by Gasteiger charge is -2.32. The summed E-state index contributed by atoms with van der Waals surface area (Å²) in [5.74, 6) is 0. The zero-order chi connectivity index (χ0) is 15.2. The summed E-state index contributed by atoms with van der Waals surface area (Å²) < 4.78 is 73.3. The van der Waals surface area contributed by atoms with Gasteiger partial charge >= 0.3 is 0 Å². The first-order valence-electron chi connectivity index (χ1n) is 7.76. The summed E-state index contributed by atoms with van der Waals surface area (Å²) in [6, 6.07) is -4.48. The van der Waals surface area contributed by atoms with Crippen LogP contribution in [0.2, 0.25) is 0 Å². The van der Waals surface area contributed by atoms with Crippen molar-refractivity contribution in [2.75, 3.05) is 6.52 Å². The van der Waals surface area contributed by atoms with Gasteiger partial charge in [-0.05, 0) is 20.6 Å². The van der Waals surface area contributed by atoms with Gasteiger partial charge in [0, 0.05) is 38.4 Å². The van der Waals surface area contributed by atoms with Crippen LogP contribution < -0.4 is 10.6 Å². The highest BCUT2D eigenvalue weighted by atomic mass is 15.1. The highest BCUT2D eigenvalue weighted by Crippen LogP contribution is 1.99. The summed E-state index contributed by atoms with van der Waals surface area (Å²) in [5, 5.41) is 4.60. The van der Waals surface area contributed by atoms with Crippen LogP contribution in [0.25, 0.3) is 0 Å². The highest BCUT2D eigenvalue weighted by molar-refractivity contribution is 4.84. The normalized spacial score (nSPS) is 73.8. The van der Waals surface area contributed by atoms with Gasteiger partial charge in [0.25, 0.3) is 0 Å². The Kier molecular flexibility index (Phi) is 0.464. The van der Waals surface area contributed by atoms with E-state index >= 15 is 0 Å². The number of hydrogen-bond donors (Lipinski definition) is 2. The summed E-state index contributed by atoms with van der Waals surface area (Å²) >= 11 is 0. The van der Waals surface area contributed by atoms with Gasteiger partial charge in [-0.3, -0.25) is 0 Å². The lowest BCUT2D eigenvalue weighted by atomic mass is 10.1. The monoisotopic (exact) mass is 138 g/mol. The van der Waals surface area contributed by atoms with Gasteiger partial charge in [-0.25, -0.2) is 0 Å². The van der Waals surface area contributed by atoms with Crippen molar-refractivity contribution in [3.8, 4) is 0 Å². The van der Waals surface area contributed by atoms with E-state index in [-0.39, 0.29) is 0 Å². The maximum absolute atomic E-state index is 7.62. The second-order valence-corrected chi connectivity index (χ2v) is 1.93. The average molecular weight is 138 g/mol. The standard InChI is InChI=1S/C7H16N2/c1-5-4-8-6(2)7(3)9-5/h5-9H,4H2,1-3H3/i1D3,2D3,3D3,4D. The Labute approximate surface area is 71.1 Å². The van der Waals surface area contributed by atoms with Gasteiger partial charge in [0.2, 0.25) is 0 Å². The molecule has 1 saturated heterocycles. The third kappa shape index (κ3) is 1.66. The fourth-order valence-corrected chi connectivity index (χ4v) is 0.634. The van der Waals surface area contributed by atoms with E-state index in [9.17, 15) is 0 Å². The van der Waals surface area contributed by atoms with Crippen LogP contribution in [-0.2, 0) is 0 Å². The van der Waals surface area contributed by atoms with Gasteiger partial charge in [0.15, 0.2) is 0 Å². The van der Waals surface area contributed by atoms with Crippen LogP contribution in [0.15, 0.2) is 0 Å². The first-order valence-corrected chi connectivity index (χ1v) is 2.69. The van der Waals surface area contributed by atoms with E-state index in [2.05, 4.69) is 10.6 Å². The lowest BCUT2D eigenvalue weighted by molar-refractivity contribution is 0.305. The number of rotatable bonds is 0. The molecule has 0 bridgehead atoms. The molecule has 1 aliphatic heterocycles. The molecule has 0 aromatic rings. The Hall–Kier alpha value is -0.0800. The van der Waals surface area contributed by atoms with Crippen molar-refractivity contribution in [3.05, 3.63) is 0 Å². The molecule has 0 amide bonds. The molecule has 2 heteroatoms. The number of hydrogen-bond acceptors (Lipinski definition) is 2. The molecule has 1 aliphatic rings. The van der Waals surface area contributed by atoms with Gasteiger partial charge in [-0.2, -0.15) is 0 Å². The van der Waals surface area contributed by atoms with E-state index in [0.29, 0.717) is 0 Å². The fraction of sp³-hybridized carbons (Fsp3) is 1.00. The van der Waals surface area contributed by atoms with Gasteiger partial charge in [0.1, 0.15) is 0 Å². The van der Waals surface area contributed by atoms with E-state index in [0.717, 1.165) is 0 Å². The minimum atomic E-state index is -2.68. The molecular weight excluding hydrogens is 112 g/mol. The molecule has 1 rings (SSSR count). The summed E-state index contributed by atoms with van der Waals surface area (Å²) in [6.07, 6.45) is 0. The Balaban J connectivity index is 3.07. The summed E-state index contributed by atoms with van der Waals surface area (Å²) in [5.41, 5.74) is 0. The van der Waals surface area contributed by atoms with Crippen molar-refractivity contribution in [3.63, 3.8) is 0 Å². The molecule has 0 radical (unpaired) electrons. The topological polar surface area (TPSA) is 24.1 Å². The molecule has 1 fully saturated rings. The predicted molar refractivity (Wildman–Crippen MR) is 39.5 cm³/mol. The Morgan fingerprint density at radius 1 is 1.44 bits per heavy atom. The predicted octanol–water partition coefficient (Wildman–Crippen LogP) is 0.345. The summed E-state index contributed by atoms with van der Waals surface area (Å²) in [4.78, 5) is 0. The highest BCUT2D eigenvalue weighted by Gasteiger charge is 2.18. The van der Waals surface area contributed by atoms with Gasteiger partial charge in [0.05, 0.1) is 0 Å². The van der Waals surface area contributed by atoms with E-state index in [1.54, 1.807) is 0 Å². The van der Waals surface area contributed by atoms with Crippen molar-refractivity contribution < 1.29 is 13.7 Å². The molecule has 2 nitrogen and oxygen atoms in total. The Morgan fingerprint density at radius 2 is 2.33 bits per heavy atom. The lowest BCUT2D eigenvalue weighted by Crippen LogP contribution is -2.57. The quantitative estimate of drug-likeness (QED) is 0.504. The van der Waals surface area contributed by atoms with Gasteiger partial charge in [-0.1, -0.05) is 0 Å². The van der Waals surface area contributed by atoms with Crippen molar-refractivity contribution in [1.82, 2.24) is 10.6 Å². The van der Waals surface area contributed by atoms with Crippen molar-refractivity contribution >= 4 is 0 Å². The molecule has 9 heavy (non-hydrogen) atoms. The number of nitrogens with one attached hydrogen (secondary N) is 2.